The Balaban J connectivity index is 0.000000187. The Bertz CT molecular complexity index is 1120. The number of nitrogens with zero attached hydrogens (tertiary/aromatic N) is 4. The van der Waals surface area contributed by atoms with Crippen molar-refractivity contribution in [3.63, 3.8) is 0 Å². The van der Waals surface area contributed by atoms with E-state index in [4.69, 9.17) is 29.0 Å². The van der Waals surface area contributed by atoms with Gasteiger partial charge in [0, 0.05) is 53.3 Å². The van der Waals surface area contributed by atoms with E-state index in [1.807, 2.05) is 37.4 Å². The van der Waals surface area contributed by atoms with Gasteiger partial charge in [-0.1, -0.05) is 36.0 Å². The fourth-order valence-corrected chi connectivity index (χ4v) is 5.91. The van der Waals surface area contributed by atoms with Crippen LogP contribution < -0.4 is 16.2 Å². The normalized spacial score (nSPS) is 16.7. The fourth-order valence-electron chi connectivity index (χ4n) is 5.61. The number of likely N-dealkylation sites (tertiary alicyclic amines) is 2. The van der Waals surface area contributed by atoms with Gasteiger partial charge in [0.1, 0.15) is 0 Å². The van der Waals surface area contributed by atoms with Gasteiger partial charge in [0.15, 0.2) is 0 Å². The lowest BCUT2D eigenvalue weighted by Gasteiger charge is -2.28. The first-order valence-electron chi connectivity index (χ1n) is 14.7. The highest BCUT2D eigenvalue weighted by Crippen LogP contribution is 2.25. The molecule has 0 spiro atoms. The van der Waals surface area contributed by atoms with Crippen LogP contribution in [0.5, 0.6) is 0 Å². The molecule has 39 heavy (non-hydrogen) atoms. The van der Waals surface area contributed by atoms with E-state index in [-0.39, 0.29) is 0 Å². The summed E-state index contributed by atoms with van der Waals surface area (Å²) in [4.78, 5) is 5.08. The number of benzene rings is 2. The monoisotopic (exact) mass is 572 g/mol. The van der Waals surface area contributed by atoms with Crippen LogP contribution in [-0.2, 0) is 13.0 Å². The number of hydrazine groups is 1. The maximum absolute atomic E-state index is 6.20. The minimum absolute atomic E-state index is 0.748. The van der Waals surface area contributed by atoms with Crippen molar-refractivity contribution in [1.82, 2.24) is 19.7 Å². The van der Waals surface area contributed by atoms with Gasteiger partial charge in [-0.15, -0.1) is 0 Å². The molecule has 5 rings (SSSR count). The molecule has 0 bridgehead atoms. The average Bonchev–Trinajstić information content (AvgIpc) is 3.32. The summed E-state index contributed by atoms with van der Waals surface area (Å²) in [7, 11) is 2.00. The van der Waals surface area contributed by atoms with Crippen molar-refractivity contribution in [1.29, 1.82) is 0 Å². The summed E-state index contributed by atoms with van der Waals surface area (Å²) in [6, 6.07) is 13.9. The number of aromatic nitrogens is 1. The minimum Gasteiger partial charge on any atom is -0.346 e. The summed E-state index contributed by atoms with van der Waals surface area (Å²) < 4.78 is 2.41. The van der Waals surface area contributed by atoms with E-state index in [1.54, 1.807) is 5.01 Å². The molecule has 8 heteroatoms. The molecular formula is C31H46Cl2N6. The fraction of sp³-hybridized carbons (Fsp3) is 0.548. The van der Waals surface area contributed by atoms with Crippen LogP contribution in [0.3, 0.4) is 0 Å². The zero-order valence-electron chi connectivity index (χ0n) is 23.6. The predicted octanol–water partition coefficient (Wildman–Crippen LogP) is 6.05. The summed E-state index contributed by atoms with van der Waals surface area (Å²) in [5.41, 5.74) is 3.73. The van der Waals surface area contributed by atoms with Crippen LogP contribution in [0, 0.1) is 0 Å². The van der Waals surface area contributed by atoms with Gasteiger partial charge < -0.3 is 24.7 Å². The molecule has 3 N–H and O–H groups in total. The van der Waals surface area contributed by atoms with Crippen molar-refractivity contribution in [3.8, 4) is 0 Å². The highest BCUT2D eigenvalue weighted by atomic mass is 35.5. The van der Waals surface area contributed by atoms with Crippen LogP contribution in [0.15, 0.2) is 48.7 Å². The van der Waals surface area contributed by atoms with Gasteiger partial charge in [-0.05, 0) is 120 Å². The molecular weight excluding hydrogens is 527 g/mol. The van der Waals surface area contributed by atoms with E-state index in [0.29, 0.717) is 0 Å². The molecule has 3 heterocycles. The molecule has 0 unspecified atom stereocenters. The standard InChI is InChI=1S/C18H26ClN3.C13H20ClN3/c1-20-8-7-15-14-22(12-11-21-9-3-2-4-10-21)18-6-5-16(19)13-17(15)18;14-12-4-6-13(7-5-12)17(15)11-10-16-8-2-1-3-9-16/h5-6,13-14,20H,2-4,7-12H2,1H3;4-7H,1-3,8-11,15H2. The second-order valence-corrected chi connectivity index (χ2v) is 11.7. The summed E-state index contributed by atoms with van der Waals surface area (Å²) in [6.07, 6.45) is 11.5. The summed E-state index contributed by atoms with van der Waals surface area (Å²) in [6.45, 7) is 10.1. The Morgan fingerprint density at radius 2 is 1.41 bits per heavy atom. The number of hydrogen-bond donors (Lipinski definition) is 2. The zero-order valence-corrected chi connectivity index (χ0v) is 25.1. The molecule has 2 aliphatic heterocycles. The van der Waals surface area contributed by atoms with E-state index in [2.05, 4.69) is 38.0 Å². The van der Waals surface area contributed by atoms with Crippen LogP contribution in [0.2, 0.25) is 10.0 Å². The van der Waals surface area contributed by atoms with E-state index in [1.165, 1.54) is 81.2 Å². The number of fused-ring (bicyclic) bond motifs is 1. The van der Waals surface area contributed by atoms with Gasteiger partial charge in [0.05, 0.1) is 5.69 Å². The predicted molar refractivity (Wildman–Crippen MR) is 168 cm³/mol. The largest absolute Gasteiger partial charge is 0.346 e. The molecule has 3 aromatic rings. The second-order valence-electron chi connectivity index (χ2n) is 10.8. The van der Waals surface area contributed by atoms with Crippen LogP contribution in [0.1, 0.15) is 44.1 Å². The quantitative estimate of drug-likeness (QED) is 0.229. The van der Waals surface area contributed by atoms with E-state index in [9.17, 15) is 0 Å². The molecule has 6 nitrogen and oxygen atoms in total. The summed E-state index contributed by atoms with van der Waals surface area (Å²) >= 11 is 12.0. The van der Waals surface area contributed by atoms with Gasteiger partial charge in [0.25, 0.3) is 0 Å². The van der Waals surface area contributed by atoms with Crippen molar-refractivity contribution in [2.24, 2.45) is 5.84 Å². The first kappa shape index (κ1) is 30.2. The molecule has 2 fully saturated rings. The maximum Gasteiger partial charge on any atom is 0.0518 e. The Kier molecular flexibility index (Phi) is 12.3. The Hall–Kier alpha value is -1.80. The SMILES string of the molecule is CNCCc1cn(CCN2CCCCC2)c2ccc(Cl)cc12.NN(CCN1CCCCC1)c1ccc(Cl)cc1. The van der Waals surface area contributed by atoms with Crippen molar-refractivity contribution < 1.29 is 0 Å². The zero-order chi connectivity index (χ0) is 27.5. The smallest absolute Gasteiger partial charge is 0.0518 e. The number of nitrogens with two attached hydrogens (primary N) is 1. The van der Waals surface area contributed by atoms with Gasteiger partial charge in [0.2, 0.25) is 0 Å². The number of likely N-dealkylation sites (N-methyl/N-ethyl adjacent to an activating group) is 1. The Morgan fingerprint density at radius 1 is 0.795 bits per heavy atom. The molecule has 0 saturated carbocycles. The molecule has 0 amide bonds. The average molecular weight is 574 g/mol. The van der Waals surface area contributed by atoms with E-state index >= 15 is 0 Å². The molecule has 0 atom stereocenters. The lowest BCUT2D eigenvalue weighted by Crippen LogP contribution is -2.41. The van der Waals surface area contributed by atoms with Crippen molar-refractivity contribution >= 4 is 39.8 Å². The first-order valence-corrected chi connectivity index (χ1v) is 15.4. The topological polar surface area (TPSA) is 52.7 Å². The lowest BCUT2D eigenvalue weighted by molar-refractivity contribution is 0.221. The number of anilines is 1. The number of rotatable bonds is 10. The van der Waals surface area contributed by atoms with E-state index < -0.39 is 0 Å². The minimum atomic E-state index is 0.748. The number of halogens is 2. The third-order valence-electron chi connectivity index (χ3n) is 7.94. The second kappa shape index (κ2) is 15.8. The summed E-state index contributed by atoms with van der Waals surface area (Å²) in [5.74, 6) is 6.03. The summed E-state index contributed by atoms with van der Waals surface area (Å²) in [5, 5.41) is 7.92. The number of nitrogens with one attached hydrogen (secondary N) is 1. The van der Waals surface area contributed by atoms with Crippen molar-refractivity contribution in [2.45, 2.75) is 51.5 Å². The first-order chi connectivity index (χ1) is 19.0. The molecule has 2 saturated heterocycles. The maximum atomic E-state index is 6.20. The molecule has 2 aliphatic rings. The van der Waals surface area contributed by atoms with Gasteiger partial charge >= 0.3 is 0 Å². The van der Waals surface area contributed by atoms with Gasteiger partial charge in [-0.3, -0.25) is 0 Å². The third kappa shape index (κ3) is 9.38. The third-order valence-corrected chi connectivity index (χ3v) is 8.43. The van der Waals surface area contributed by atoms with Crippen LogP contribution in [-0.4, -0.2) is 73.8 Å². The molecule has 2 aromatic carbocycles. The van der Waals surface area contributed by atoms with Crippen molar-refractivity contribution in [3.05, 3.63) is 64.3 Å². The van der Waals surface area contributed by atoms with Crippen molar-refractivity contribution in [2.75, 3.05) is 64.4 Å². The molecule has 0 radical (unpaired) electrons. The molecule has 1 aromatic heterocycles. The van der Waals surface area contributed by atoms with Crippen LogP contribution in [0.4, 0.5) is 5.69 Å². The van der Waals surface area contributed by atoms with Crippen LogP contribution in [0.25, 0.3) is 10.9 Å². The van der Waals surface area contributed by atoms with E-state index in [0.717, 1.165) is 54.9 Å². The Morgan fingerprint density at radius 3 is 2.05 bits per heavy atom. The number of hydrogen-bond acceptors (Lipinski definition) is 5. The molecule has 0 aliphatic carbocycles. The highest BCUT2D eigenvalue weighted by Gasteiger charge is 2.13. The van der Waals surface area contributed by atoms with Gasteiger partial charge in [-0.25, -0.2) is 5.84 Å². The highest BCUT2D eigenvalue weighted by molar-refractivity contribution is 6.31. The Labute approximate surface area is 245 Å². The molecule has 214 valence electrons. The van der Waals surface area contributed by atoms with Gasteiger partial charge in [-0.2, -0.15) is 0 Å². The number of piperidine rings is 2. The lowest BCUT2D eigenvalue weighted by atomic mass is 10.1. The van der Waals surface area contributed by atoms with Crippen LogP contribution >= 0.6 is 23.2 Å².